The molecule has 0 atom stereocenters. The van der Waals surface area contributed by atoms with Crippen LogP contribution in [0.15, 0.2) is 47.6 Å². The van der Waals surface area contributed by atoms with Crippen LogP contribution in [0.25, 0.3) is 0 Å². The average Bonchev–Trinajstić information content (AvgIpc) is 2.67. The lowest BCUT2D eigenvalue weighted by molar-refractivity contribution is -0.115. The number of carbonyl (C=O) groups is 2. The lowest BCUT2D eigenvalue weighted by atomic mass is 10.2. The molecule has 0 fully saturated rings. The van der Waals surface area contributed by atoms with Crippen LogP contribution in [0.3, 0.4) is 0 Å². The summed E-state index contributed by atoms with van der Waals surface area (Å²) >= 11 is 5.80. The van der Waals surface area contributed by atoms with Gasteiger partial charge in [-0.15, -0.1) is 0 Å². The van der Waals surface area contributed by atoms with Gasteiger partial charge < -0.3 is 14.8 Å². The first kappa shape index (κ1) is 20.3. The number of anilines is 1. The smallest absolute Gasteiger partial charge is 0.271 e. The molecule has 0 aromatic heterocycles. The summed E-state index contributed by atoms with van der Waals surface area (Å²) in [6.45, 7) is 1.65. The van der Waals surface area contributed by atoms with E-state index in [1.54, 1.807) is 49.4 Å². The van der Waals surface area contributed by atoms with Crippen molar-refractivity contribution in [2.45, 2.75) is 13.3 Å². The van der Waals surface area contributed by atoms with Gasteiger partial charge in [0.05, 0.1) is 20.6 Å². The van der Waals surface area contributed by atoms with Gasteiger partial charge in [-0.1, -0.05) is 11.6 Å². The number of rotatable bonds is 7. The number of carbonyl (C=O) groups excluding carboxylic acids is 2. The monoisotopic (exact) mass is 389 g/mol. The highest BCUT2D eigenvalue weighted by Crippen LogP contribution is 2.27. The van der Waals surface area contributed by atoms with Gasteiger partial charge in [0.25, 0.3) is 5.91 Å². The normalized spacial score (nSPS) is 10.9. The van der Waals surface area contributed by atoms with Crippen LogP contribution in [0.4, 0.5) is 5.69 Å². The van der Waals surface area contributed by atoms with Crippen molar-refractivity contribution in [1.82, 2.24) is 5.43 Å². The Labute approximate surface area is 162 Å². The van der Waals surface area contributed by atoms with Crippen molar-refractivity contribution >= 4 is 34.8 Å². The summed E-state index contributed by atoms with van der Waals surface area (Å²) in [5, 5.41) is 7.27. The fourth-order valence-corrected chi connectivity index (χ4v) is 2.32. The first-order valence-corrected chi connectivity index (χ1v) is 8.41. The lowest BCUT2D eigenvalue weighted by Gasteiger charge is -2.09. The zero-order valence-electron chi connectivity index (χ0n) is 15.2. The zero-order valence-corrected chi connectivity index (χ0v) is 16.0. The minimum Gasteiger partial charge on any atom is -0.493 e. The third-order valence-corrected chi connectivity index (χ3v) is 3.79. The molecule has 0 heterocycles. The molecule has 2 rings (SSSR count). The molecular formula is C19H20ClN3O4. The summed E-state index contributed by atoms with van der Waals surface area (Å²) in [7, 11) is 3.00. The molecule has 0 bridgehead atoms. The first-order valence-electron chi connectivity index (χ1n) is 8.04. The van der Waals surface area contributed by atoms with Crippen molar-refractivity contribution in [3.05, 3.63) is 53.1 Å². The second-order valence-corrected chi connectivity index (χ2v) is 6.03. The summed E-state index contributed by atoms with van der Waals surface area (Å²) in [6, 6.07) is 11.5. The third kappa shape index (κ3) is 6.00. The van der Waals surface area contributed by atoms with Gasteiger partial charge in [0, 0.05) is 22.0 Å². The Bertz CT molecular complexity index is 851. The number of nitrogens with zero attached hydrogens (tertiary/aromatic N) is 1. The molecule has 7 nitrogen and oxygen atoms in total. The number of methoxy groups -OCH3 is 2. The summed E-state index contributed by atoms with van der Waals surface area (Å²) in [6.07, 6.45) is 0.0365. The van der Waals surface area contributed by atoms with E-state index in [9.17, 15) is 9.59 Å². The van der Waals surface area contributed by atoms with E-state index in [2.05, 4.69) is 15.8 Å². The summed E-state index contributed by atoms with van der Waals surface area (Å²) < 4.78 is 10.3. The van der Waals surface area contributed by atoms with Crippen molar-refractivity contribution < 1.29 is 19.1 Å². The molecule has 0 saturated carbocycles. The summed E-state index contributed by atoms with van der Waals surface area (Å²) in [5.74, 6) is 0.285. The van der Waals surface area contributed by atoms with Crippen molar-refractivity contribution in [3.8, 4) is 11.5 Å². The number of amides is 2. The molecule has 0 aliphatic rings. The maximum absolute atomic E-state index is 12.2. The van der Waals surface area contributed by atoms with E-state index in [1.807, 2.05) is 0 Å². The second kappa shape index (κ2) is 9.59. The zero-order chi connectivity index (χ0) is 19.8. The van der Waals surface area contributed by atoms with Gasteiger partial charge in [-0.3, -0.25) is 9.59 Å². The predicted molar refractivity (Wildman–Crippen MR) is 105 cm³/mol. The van der Waals surface area contributed by atoms with E-state index in [0.29, 0.717) is 33.5 Å². The Morgan fingerprint density at radius 3 is 2.33 bits per heavy atom. The fraction of sp³-hybridized carbons (Fsp3) is 0.211. The van der Waals surface area contributed by atoms with Gasteiger partial charge in [-0.2, -0.15) is 5.10 Å². The molecular weight excluding hydrogens is 370 g/mol. The number of ether oxygens (including phenoxy) is 2. The van der Waals surface area contributed by atoms with E-state index in [4.69, 9.17) is 21.1 Å². The van der Waals surface area contributed by atoms with Crippen LogP contribution in [0.2, 0.25) is 5.02 Å². The van der Waals surface area contributed by atoms with Crippen LogP contribution < -0.4 is 20.2 Å². The molecule has 142 valence electrons. The number of halogens is 1. The summed E-state index contributed by atoms with van der Waals surface area (Å²) in [5.41, 5.74) is 3.86. The molecule has 2 N–H and O–H groups in total. The van der Waals surface area contributed by atoms with Gasteiger partial charge in [0.15, 0.2) is 11.5 Å². The van der Waals surface area contributed by atoms with E-state index in [0.717, 1.165) is 0 Å². The van der Waals surface area contributed by atoms with Crippen molar-refractivity contribution in [1.29, 1.82) is 0 Å². The van der Waals surface area contributed by atoms with Crippen LogP contribution in [-0.4, -0.2) is 31.7 Å². The van der Waals surface area contributed by atoms with Gasteiger partial charge in [0.1, 0.15) is 0 Å². The number of benzene rings is 2. The van der Waals surface area contributed by atoms with Crippen molar-refractivity contribution in [2.24, 2.45) is 5.10 Å². The number of nitrogens with one attached hydrogen (secondary N) is 2. The van der Waals surface area contributed by atoms with Gasteiger partial charge in [-0.05, 0) is 49.4 Å². The molecule has 0 unspecified atom stereocenters. The first-order chi connectivity index (χ1) is 12.9. The Morgan fingerprint density at radius 2 is 1.70 bits per heavy atom. The van der Waals surface area contributed by atoms with E-state index < -0.39 is 5.91 Å². The van der Waals surface area contributed by atoms with Crippen LogP contribution in [-0.2, 0) is 4.79 Å². The lowest BCUT2D eigenvalue weighted by Crippen LogP contribution is -2.21. The van der Waals surface area contributed by atoms with Crippen LogP contribution in [0.1, 0.15) is 23.7 Å². The van der Waals surface area contributed by atoms with Gasteiger partial charge in [0.2, 0.25) is 5.91 Å². The fourth-order valence-electron chi connectivity index (χ4n) is 2.20. The molecule has 2 amide bonds. The number of hydrogen-bond donors (Lipinski definition) is 2. The molecule has 2 aromatic carbocycles. The average molecular weight is 390 g/mol. The maximum atomic E-state index is 12.2. The topological polar surface area (TPSA) is 89.0 Å². The Hall–Kier alpha value is -3.06. The Balaban J connectivity index is 1.93. The van der Waals surface area contributed by atoms with Crippen LogP contribution >= 0.6 is 11.6 Å². The molecule has 8 heteroatoms. The van der Waals surface area contributed by atoms with E-state index >= 15 is 0 Å². The minimum atomic E-state index is -0.423. The molecule has 0 aliphatic carbocycles. The number of hydrazone groups is 1. The SMILES string of the molecule is COc1ccc(C(=O)NN=C(C)CC(=O)Nc2ccc(Cl)cc2)cc1OC. The van der Waals surface area contributed by atoms with Crippen molar-refractivity contribution in [2.75, 3.05) is 19.5 Å². The third-order valence-electron chi connectivity index (χ3n) is 3.54. The molecule has 2 aromatic rings. The van der Waals surface area contributed by atoms with Gasteiger partial charge >= 0.3 is 0 Å². The van der Waals surface area contributed by atoms with Crippen molar-refractivity contribution in [3.63, 3.8) is 0 Å². The highest BCUT2D eigenvalue weighted by Gasteiger charge is 2.11. The van der Waals surface area contributed by atoms with Crippen LogP contribution in [0.5, 0.6) is 11.5 Å². The quantitative estimate of drug-likeness (QED) is 0.560. The second-order valence-electron chi connectivity index (χ2n) is 5.59. The maximum Gasteiger partial charge on any atom is 0.271 e. The minimum absolute atomic E-state index is 0.0365. The molecule has 0 radical (unpaired) electrons. The van der Waals surface area contributed by atoms with Crippen LogP contribution in [0, 0.1) is 0 Å². The largest absolute Gasteiger partial charge is 0.493 e. The molecule has 0 saturated heterocycles. The van der Waals surface area contributed by atoms with Gasteiger partial charge in [-0.25, -0.2) is 5.43 Å². The van der Waals surface area contributed by atoms with E-state index in [1.165, 1.54) is 14.2 Å². The highest BCUT2D eigenvalue weighted by molar-refractivity contribution is 6.30. The summed E-state index contributed by atoms with van der Waals surface area (Å²) in [4.78, 5) is 24.2. The Kier molecular flexibility index (Phi) is 7.19. The standard InChI is InChI=1S/C19H20ClN3O4/c1-12(10-18(24)21-15-7-5-14(20)6-8-15)22-23-19(25)13-4-9-16(26-2)17(11-13)27-3/h4-9,11H,10H2,1-3H3,(H,21,24)(H,23,25). The molecule has 0 aliphatic heterocycles. The van der Waals surface area contributed by atoms with E-state index in [-0.39, 0.29) is 12.3 Å². The molecule has 27 heavy (non-hydrogen) atoms. The Morgan fingerprint density at radius 1 is 1.04 bits per heavy atom. The highest BCUT2D eigenvalue weighted by atomic mass is 35.5. The molecule has 0 spiro atoms. The number of hydrogen-bond acceptors (Lipinski definition) is 5. The predicted octanol–water partition coefficient (Wildman–Crippen LogP) is 3.49.